The largest absolute Gasteiger partial charge is 0.306 e. The van der Waals surface area contributed by atoms with Crippen LogP contribution >= 0.6 is 34.2 Å². The van der Waals surface area contributed by atoms with Crippen molar-refractivity contribution in [2.75, 3.05) is 6.54 Å². The first kappa shape index (κ1) is 15.7. The molecule has 0 aromatic heterocycles. The first-order valence-electron chi connectivity index (χ1n) is 6.55. The summed E-state index contributed by atoms with van der Waals surface area (Å²) in [5.74, 6) is -0.220. The third-order valence-corrected chi connectivity index (χ3v) is 4.27. The van der Waals surface area contributed by atoms with E-state index in [0.29, 0.717) is 5.02 Å². The van der Waals surface area contributed by atoms with Crippen LogP contribution in [0.25, 0.3) is 0 Å². The van der Waals surface area contributed by atoms with Crippen LogP contribution in [0.3, 0.4) is 0 Å². The summed E-state index contributed by atoms with van der Waals surface area (Å²) in [6.07, 6.45) is 1.02. The Morgan fingerprint density at radius 2 is 2.05 bits per heavy atom. The van der Waals surface area contributed by atoms with Gasteiger partial charge < -0.3 is 5.32 Å². The molecule has 0 heterocycles. The van der Waals surface area contributed by atoms with Crippen LogP contribution in [0, 0.1) is 9.39 Å². The molecule has 0 saturated carbocycles. The minimum absolute atomic E-state index is 0.0451. The highest BCUT2D eigenvalue weighted by Gasteiger charge is 2.17. The van der Waals surface area contributed by atoms with E-state index >= 15 is 0 Å². The minimum Gasteiger partial charge on any atom is -0.306 e. The molecule has 2 aromatic rings. The molecular formula is C16H16ClFIN. The molecule has 1 N–H and O–H groups in total. The summed E-state index contributed by atoms with van der Waals surface area (Å²) in [5, 5.41) is 4.16. The van der Waals surface area contributed by atoms with Gasteiger partial charge in [-0.1, -0.05) is 30.7 Å². The maximum absolute atomic E-state index is 13.5. The molecule has 1 atom stereocenters. The molecule has 20 heavy (non-hydrogen) atoms. The quantitative estimate of drug-likeness (QED) is 0.679. The summed E-state index contributed by atoms with van der Waals surface area (Å²) in [5.41, 5.74) is 2.00. The fraction of sp³-hybridized carbons (Fsp3) is 0.250. The minimum atomic E-state index is -0.220. The summed E-state index contributed by atoms with van der Waals surface area (Å²) in [7, 11) is 0. The van der Waals surface area contributed by atoms with Crippen molar-refractivity contribution in [1.82, 2.24) is 5.32 Å². The molecule has 0 aliphatic heterocycles. The monoisotopic (exact) mass is 403 g/mol. The fourth-order valence-corrected chi connectivity index (χ4v) is 2.95. The number of nitrogens with one attached hydrogen (secondary N) is 1. The smallest absolute Gasteiger partial charge is 0.123 e. The normalized spacial score (nSPS) is 12.4. The molecule has 0 bridgehead atoms. The SMILES string of the molecule is CCCNC(c1cccc(F)c1)c1cc(Cl)ccc1I. The lowest BCUT2D eigenvalue weighted by Gasteiger charge is -2.21. The average Bonchev–Trinajstić information content (AvgIpc) is 2.43. The van der Waals surface area contributed by atoms with Gasteiger partial charge in [0.15, 0.2) is 0 Å². The van der Waals surface area contributed by atoms with Gasteiger partial charge in [-0.15, -0.1) is 0 Å². The Kier molecular flexibility index (Phi) is 5.81. The predicted molar refractivity (Wildman–Crippen MR) is 90.7 cm³/mol. The zero-order chi connectivity index (χ0) is 14.5. The molecule has 4 heteroatoms. The number of rotatable bonds is 5. The maximum atomic E-state index is 13.5. The molecule has 0 amide bonds. The van der Waals surface area contributed by atoms with Gasteiger partial charge in [-0.25, -0.2) is 4.39 Å². The van der Waals surface area contributed by atoms with Crippen molar-refractivity contribution in [3.63, 3.8) is 0 Å². The lowest BCUT2D eigenvalue weighted by molar-refractivity contribution is 0.584. The Balaban J connectivity index is 2.44. The third-order valence-electron chi connectivity index (χ3n) is 3.05. The Morgan fingerprint density at radius 1 is 1.25 bits per heavy atom. The van der Waals surface area contributed by atoms with E-state index < -0.39 is 0 Å². The van der Waals surface area contributed by atoms with E-state index in [2.05, 4.69) is 34.8 Å². The third kappa shape index (κ3) is 3.93. The van der Waals surface area contributed by atoms with Gasteiger partial charge >= 0.3 is 0 Å². The van der Waals surface area contributed by atoms with E-state index in [0.717, 1.165) is 27.7 Å². The number of halogens is 3. The number of hydrogen-bond donors (Lipinski definition) is 1. The molecule has 106 valence electrons. The van der Waals surface area contributed by atoms with Gasteiger partial charge in [-0.05, 0) is 77.0 Å². The zero-order valence-electron chi connectivity index (χ0n) is 11.2. The molecule has 1 unspecified atom stereocenters. The summed E-state index contributed by atoms with van der Waals surface area (Å²) in [6, 6.07) is 12.5. The fourth-order valence-electron chi connectivity index (χ4n) is 2.12. The number of hydrogen-bond acceptors (Lipinski definition) is 1. The van der Waals surface area contributed by atoms with Gasteiger partial charge in [0.25, 0.3) is 0 Å². The van der Waals surface area contributed by atoms with Gasteiger partial charge in [0.1, 0.15) is 5.82 Å². The summed E-state index contributed by atoms with van der Waals surface area (Å²) in [4.78, 5) is 0. The summed E-state index contributed by atoms with van der Waals surface area (Å²) in [6.45, 7) is 2.97. The van der Waals surface area contributed by atoms with Crippen molar-refractivity contribution < 1.29 is 4.39 Å². The second-order valence-corrected chi connectivity index (χ2v) is 6.21. The first-order valence-corrected chi connectivity index (χ1v) is 8.01. The first-order chi connectivity index (χ1) is 9.61. The van der Waals surface area contributed by atoms with Crippen molar-refractivity contribution in [3.05, 3.63) is 68.0 Å². The molecular weight excluding hydrogens is 388 g/mol. The molecule has 0 saturated heterocycles. The second kappa shape index (κ2) is 7.38. The van der Waals surface area contributed by atoms with Gasteiger partial charge in [0.2, 0.25) is 0 Å². The van der Waals surface area contributed by atoms with E-state index in [1.807, 2.05) is 24.3 Å². The molecule has 0 aliphatic carbocycles. The molecule has 0 radical (unpaired) electrons. The molecule has 2 rings (SSSR count). The predicted octanol–water partition coefficient (Wildman–Crippen LogP) is 5.17. The molecule has 2 aromatic carbocycles. The summed E-state index contributed by atoms with van der Waals surface area (Å²) < 4.78 is 14.6. The van der Waals surface area contributed by atoms with Crippen molar-refractivity contribution in [3.8, 4) is 0 Å². The van der Waals surface area contributed by atoms with Crippen LogP contribution < -0.4 is 5.32 Å². The van der Waals surface area contributed by atoms with Gasteiger partial charge in [0.05, 0.1) is 6.04 Å². The van der Waals surface area contributed by atoms with Crippen molar-refractivity contribution in [2.45, 2.75) is 19.4 Å². The van der Waals surface area contributed by atoms with Crippen LogP contribution in [0.2, 0.25) is 5.02 Å². The van der Waals surface area contributed by atoms with Crippen LogP contribution in [0.1, 0.15) is 30.5 Å². The Labute approximate surface area is 137 Å². The second-order valence-electron chi connectivity index (χ2n) is 4.61. The van der Waals surface area contributed by atoms with Gasteiger partial charge in [-0.2, -0.15) is 0 Å². The number of benzene rings is 2. The van der Waals surface area contributed by atoms with Crippen LogP contribution in [-0.2, 0) is 0 Å². The average molecular weight is 404 g/mol. The molecule has 0 fully saturated rings. The van der Waals surface area contributed by atoms with Crippen LogP contribution in [0.5, 0.6) is 0 Å². The highest BCUT2D eigenvalue weighted by atomic mass is 127. The molecule has 0 aliphatic rings. The van der Waals surface area contributed by atoms with E-state index in [1.165, 1.54) is 6.07 Å². The van der Waals surface area contributed by atoms with Crippen LogP contribution in [0.15, 0.2) is 42.5 Å². The Hall–Kier alpha value is -0.650. The van der Waals surface area contributed by atoms with Gasteiger partial charge in [0, 0.05) is 8.59 Å². The molecule has 0 spiro atoms. The Morgan fingerprint density at radius 3 is 2.75 bits per heavy atom. The van der Waals surface area contributed by atoms with E-state index in [-0.39, 0.29) is 11.9 Å². The van der Waals surface area contributed by atoms with Crippen molar-refractivity contribution >= 4 is 34.2 Å². The highest BCUT2D eigenvalue weighted by Crippen LogP contribution is 2.29. The zero-order valence-corrected chi connectivity index (χ0v) is 14.1. The van der Waals surface area contributed by atoms with Crippen molar-refractivity contribution in [2.24, 2.45) is 0 Å². The molecule has 1 nitrogen and oxygen atoms in total. The topological polar surface area (TPSA) is 12.0 Å². The summed E-state index contributed by atoms with van der Waals surface area (Å²) >= 11 is 8.40. The standard InChI is InChI=1S/C16H16ClFIN/c1-2-8-20-16(11-4-3-5-13(18)9-11)14-10-12(17)6-7-15(14)19/h3-7,9-10,16,20H,2,8H2,1H3. The van der Waals surface area contributed by atoms with Crippen LogP contribution in [-0.4, -0.2) is 6.54 Å². The van der Waals surface area contributed by atoms with E-state index in [1.54, 1.807) is 12.1 Å². The van der Waals surface area contributed by atoms with Gasteiger partial charge in [-0.3, -0.25) is 0 Å². The Bertz CT molecular complexity index is 588. The van der Waals surface area contributed by atoms with Crippen LogP contribution in [0.4, 0.5) is 4.39 Å². The maximum Gasteiger partial charge on any atom is 0.123 e. The lowest BCUT2D eigenvalue weighted by Crippen LogP contribution is -2.24. The van der Waals surface area contributed by atoms with E-state index in [4.69, 9.17) is 11.6 Å². The van der Waals surface area contributed by atoms with E-state index in [9.17, 15) is 4.39 Å². The lowest BCUT2D eigenvalue weighted by atomic mass is 9.98. The van der Waals surface area contributed by atoms with Crippen molar-refractivity contribution in [1.29, 1.82) is 0 Å². The highest BCUT2D eigenvalue weighted by molar-refractivity contribution is 14.1.